The third-order valence-corrected chi connectivity index (χ3v) is 5.34. The molecule has 1 heterocycles. The molecular formula is C21H27N3O5S. The molecule has 0 radical (unpaired) electrons. The van der Waals surface area contributed by atoms with Crippen LogP contribution in [0.3, 0.4) is 0 Å². The van der Waals surface area contributed by atoms with Gasteiger partial charge in [-0.15, -0.1) is 0 Å². The number of nitrogens with one attached hydrogen (secondary N) is 2. The van der Waals surface area contributed by atoms with Gasteiger partial charge in [-0.05, 0) is 29.7 Å². The van der Waals surface area contributed by atoms with Crippen LogP contribution in [0.4, 0.5) is 0 Å². The minimum atomic E-state index is -3.86. The Labute approximate surface area is 177 Å². The number of furan rings is 1. The fourth-order valence-corrected chi connectivity index (χ4v) is 3.75. The minimum Gasteiger partial charge on any atom is -0.467 e. The Bertz CT molecular complexity index is 954. The average molecular weight is 434 g/mol. The van der Waals surface area contributed by atoms with Gasteiger partial charge in [0, 0.05) is 12.5 Å². The van der Waals surface area contributed by atoms with Gasteiger partial charge >= 0.3 is 0 Å². The molecule has 2 aromatic rings. The second kappa shape index (κ2) is 10.7. The summed E-state index contributed by atoms with van der Waals surface area (Å²) in [6, 6.07) is 11.4. The summed E-state index contributed by atoms with van der Waals surface area (Å²) in [7, 11) is -2.41. The minimum absolute atomic E-state index is 0.204. The van der Waals surface area contributed by atoms with E-state index >= 15 is 0 Å². The molecule has 0 aliphatic carbocycles. The number of hydrogen-bond acceptors (Lipinski definition) is 5. The number of carbonyl (C=O) groups is 2. The summed E-state index contributed by atoms with van der Waals surface area (Å²) >= 11 is 0. The Hall–Kier alpha value is -2.91. The normalized spacial score (nSPS) is 12.8. The predicted octanol–water partition coefficient (Wildman–Crippen LogP) is 1.97. The Morgan fingerprint density at radius 1 is 1.13 bits per heavy atom. The van der Waals surface area contributed by atoms with Gasteiger partial charge in [0.25, 0.3) is 0 Å². The van der Waals surface area contributed by atoms with Crippen molar-refractivity contribution in [3.63, 3.8) is 0 Å². The first-order valence-corrected chi connectivity index (χ1v) is 11.0. The summed E-state index contributed by atoms with van der Waals surface area (Å²) in [6.45, 7) is 3.47. The van der Waals surface area contributed by atoms with Crippen LogP contribution >= 0.6 is 0 Å². The fourth-order valence-electron chi connectivity index (χ4n) is 2.61. The summed E-state index contributed by atoms with van der Waals surface area (Å²) in [5.41, 5.74) is 0.723. The van der Waals surface area contributed by atoms with Gasteiger partial charge in [0.15, 0.2) is 0 Å². The van der Waals surface area contributed by atoms with E-state index in [0.29, 0.717) is 5.76 Å². The van der Waals surface area contributed by atoms with Crippen LogP contribution in [0.15, 0.2) is 58.6 Å². The highest BCUT2D eigenvalue weighted by molar-refractivity contribution is 7.92. The van der Waals surface area contributed by atoms with E-state index in [0.717, 1.165) is 11.0 Å². The second-order valence-corrected chi connectivity index (χ2v) is 8.75. The van der Waals surface area contributed by atoms with Crippen LogP contribution in [-0.2, 0) is 26.2 Å². The van der Waals surface area contributed by atoms with Gasteiger partial charge in [-0.3, -0.25) is 9.59 Å². The molecule has 2 rings (SSSR count). The molecule has 162 valence electrons. The number of carbonyl (C=O) groups excluding carboxylic acids is 2. The highest BCUT2D eigenvalue weighted by Crippen LogP contribution is 2.09. The van der Waals surface area contributed by atoms with Gasteiger partial charge in [-0.2, -0.15) is 4.72 Å². The van der Waals surface area contributed by atoms with Crippen molar-refractivity contribution in [3.05, 3.63) is 65.5 Å². The van der Waals surface area contributed by atoms with Crippen LogP contribution in [0, 0.1) is 5.92 Å². The van der Waals surface area contributed by atoms with E-state index in [9.17, 15) is 18.0 Å². The van der Waals surface area contributed by atoms with E-state index in [1.165, 1.54) is 24.3 Å². The molecule has 8 nitrogen and oxygen atoms in total. The Kier molecular flexibility index (Phi) is 8.37. The average Bonchev–Trinajstić information content (AvgIpc) is 3.23. The number of rotatable bonds is 10. The molecule has 9 heteroatoms. The highest BCUT2D eigenvalue weighted by atomic mass is 32.2. The first-order valence-electron chi connectivity index (χ1n) is 9.47. The number of amides is 2. The lowest BCUT2D eigenvalue weighted by Crippen LogP contribution is -2.51. The van der Waals surface area contributed by atoms with Crippen molar-refractivity contribution in [2.45, 2.75) is 26.4 Å². The van der Waals surface area contributed by atoms with E-state index in [1.807, 2.05) is 6.07 Å². The topological polar surface area (TPSA) is 109 Å². The standard InChI is InChI=1S/C21H27N3O5S/c1-16(2)20(23-30(27,28)13-11-17-8-5-4-6-9-17)21(26)24(3)15-19(25)22-14-18-10-7-12-29-18/h4-13,16,20,23H,14-15H2,1-3H3,(H,22,25). The van der Waals surface area contributed by atoms with Gasteiger partial charge < -0.3 is 14.6 Å². The molecule has 30 heavy (non-hydrogen) atoms. The summed E-state index contributed by atoms with van der Waals surface area (Å²) in [5, 5.41) is 3.68. The van der Waals surface area contributed by atoms with Crippen LogP contribution in [-0.4, -0.2) is 44.8 Å². The molecule has 0 fully saturated rings. The van der Waals surface area contributed by atoms with Gasteiger partial charge in [0.2, 0.25) is 21.8 Å². The van der Waals surface area contributed by atoms with E-state index in [-0.39, 0.29) is 24.9 Å². The molecule has 0 spiro atoms. The van der Waals surface area contributed by atoms with E-state index in [1.54, 1.807) is 50.2 Å². The van der Waals surface area contributed by atoms with Crippen molar-refractivity contribution in [1.29, 1.82) is 0 Å². The van der Waals surface area contributed by atoms with Gasteiger partial charge in [0.1, 0.15) is 11.8 Å². The molecule has 2 N–H and O–H groups in total. The molecule has 0 saturated heterocycles. The zero-order valence-corrected chi connectivity index (χ0v) is 18.1. The summed E-state index contributed by atoms with van der Waals surface area (Å²) in [6.07, 6.45) is 2.96. The van der Waals surface area contributed by atoms with Gasteiger partial charge in [-0.1, -0.05) is 44.2 Å². The van der Waals surface area contributed by atoms with Crippen molar-refractivity contribution >= 4 is 27.9 Å². The van der Waals surface area contributed by atoms with E-state index in [2.05, 4.69) is 10.0 Å². The zero-order chi connectivity index (χ0) is 22.1. The smallest absolute Gasteiger partial charge is 0.241 e. The summed E-state index contributed by atoms with van der Waals surface area (Å²) in [5.74, 6) is -0.590. The van der Waals surface area contributed by atoms with Crippen LogP contribution in [0.2, 0.25) is 0 Å². The highest BCUT2D eigenvalue weighted by Gasteiger charge is 2.29. The van der Waals surface area contributed by atoms with E-state index in [4.69, 9.17) is 4.42 Å². The van der Waals surface area contributed by atoms with Crippen LogP contribution in [0.1, 0.15) is 25.2 Å². The Morgan fingerprint density at radius 3 is 2.43 bits per heavy atom. The number of benzene rings is 1. The molecule has 1 aromatic heterocycles. The maximum absolute atomic E-state index is 12.8. The van der Waals surface area contributed by atoms with Gasteiger partial charge in [0.05, 0.1) is 19.4 Å². The van der Waals surface area contributed by atoms with Crippen molar-refractivity contribution in [2.24, 2.45) is 5.92 Å². The summed E-state index contributed by atoms with van der Waals surface area (Å²) in [4.78, 5) is 26.1. The third kappa shape index (κ3) is 7.49. The van der Waals surface area contributed by atoms with Crippen molar-refractivity contribution in [3.8, 4) is 0 Å². The van der Waals surface area contributed by atoms with Crippen molar-refractivity contribution in [1.82, 2.24) is 14.9 Å². The maximum atomic E-state index is 12.8. The molecule has 2 amide bonds. The van der Waals surface area contributed by atoms with Crippen LogP contribution < -0.4 is 10.0 Å². The van der Waals surface area contributed by atoms with Crippen molar-refractivity contribution < 1.29 is 22.4 Å². The number of sulfonamides is 1. The first kappa shape index (κ1) is 23.4. The van der Waals surface area contributed by atoms with E-state index < -0.39 is 22.0 Å². The zero-order valence-electron chi connectivity index (χ0n) is 17.2. The molecule has 0 aliphatic heterocycles. The van der Waals surface area contributed by atoms with Gasteiger partial charge in [-0.25, -0.2) is 8.42 Å². The fraction of sp³-hybridized carbons (Fsp3) is 0.333. The lowest BCUT2D eigenvalue weighted by atomic mass is 10.0. The molecule has 0 aliphatic rings. The van der Waals surface area contributed by atoms with Crippen LogP contribution in [0.5, 0.6) is 0 Å². The monoisotopic (exact) mass is 433 g/mol. The Morgan fingerprint density at radius 2 is 1.83 bits per heavy atom. The quantitative estimate of drug-likeness (QED) is 0.595. The largest absolute Gasteiger partial charge is 0.467 e. The SMILES string of the molecule is CC(C)C(NS(=O)(=O)C=Cc1ccccc1)C(=O)N(C)CC(=O)NCc1ccco1. The summed E-state index contributed by atoms with van der Waals surface area (Å²) < 4.78 is 32.4. The van der Waals surface area contributed by atoms with Crippen LogP contribution in [0.25, 0.3) is 6.08 Å². The number of likely N-dealkylation sites (N-methyl/N-ethyl adjacent to an activating group) is 1. The molecule has 1 unspecified atom stereocenters. The first-order chi connectivity index (χ1) is 14.2. The van der Waals surface area contributed by atoms with Crippen molar-refractivity contribution in [2.75, 3.05) is 13.6 Å². The molecule has 0 saturated carbocycles. The lowest BCUT2D eigenvalue weighted by molar-refractivity contribution is -0.136. The lowest BCUT2D eigenvalue weighted by Gasteiger charge is -2.26. The molecule has 1 aromatic carbocycles. The molecule has 1 atom stereocenters. The predicted molar refractivity (Wildman–Crippen MR) is 114 cm³/mol. The third-order valence-electron chi connectivity index (χ3n) is 4.26. The Balaban J connectivity index is 1.97. The number of hydrogen-bond donors (Lipinski definition) is 2. The second-order valence-electron chi connectivity index (χ2n) is 7.15. The maximum Gasteiger partial charge on any atom is 0.241 e. The molecular weight excluding hydrogens is 406 g/mol. The molecule has 0 bridgehead atoms. The number of nitrogens with zero attached hydrogens (tertiary/aromatic N) is 1.